The summed E-state index contributed by atoms with van der Waals surface area (Å²) in [5, 5.41) is 10.9. The third kappa shape index (κ3) is 10.9. The van der Waals surface area contributed by atoms with Gasteiger partial charge in [-0.15, -0.1) is 0 Å². The number of hydrogen-bond donors (Lipinski definition) is 3. The van der Waals surface area contributed by atoms with Gasteiger partial charge in [-0.1, -0.05) is 15.3 Å². The largest absolute Gasteiger partial charge is 0.481 e. The Morgan fingerprint density at radius 3 is 2.05 bits per heavy atom. The fourth-order valence-electron chi connectivity index (χ4n) is 2.59. The number of nitrogens with zero attached hydrogens (tertiary/aromatic N) is 4. The molecule has 3 aromatic rings. The third-order valence-electron chi connectivity index (χ3n) is 4.82. The van der Waals surface area contributed by atoms with Crippen molar-refractivity contribution >= 4 is 49.8 Å². The number of methoxy groups -OCH3 is 2. The predicted molar refractivity (Wildman–Crippen MR) is 152 cm³/mol. The van der Waals surface area contributed by atoms with E-state index in [0.717, 1.165) is 13.1 Å². The molecule has 0 saturated heterocycles. The zero-order valence-corrected chi connectivity index (χ0v) is 25.9. The molecule has 3 rings (SSSR count). The van der Waals surface area contributed by atoms with Crippen LogP contribution in [0, 0.1) is 5.82 Å². The number of pyridine rings is 1. The molecule has 21 heteroatoms. The average molecular weight is 681 g/mol. The van der Waals surface area contributed by atoms with Gasteiger partial charge >= 0.3 is 22.2 Å². The Morgan fingerprint density at radius 1 is 1.02 bits per heavy atom. The Hall–Kier alpha value is -4.53. The highest BCUT2D eigenvalue weighted by molar-refractivity contribution is 8.03. The number of halogens is 2. The summed E-state index contributed by atoms with van der Waals surface area (Å²) in [5.41, 5.74) is 0. The number of benzene rings is 1. The number of amides is 2. The van der Waals surface area contributed by atoms with E-state index in [9.17, 15) is 30.8 Å². The van der Waals surface area contributed by atoms with Crippen molar-refractivity contribution in [2.75, 3.05) is 32.8 Å². The first-order chi connectivity index (χ1) is 20.4. The van der Waals surface area contributed by atoms with Gasteiger partial charge in [0.1, 0.15) is 11.5 Å². The summed E-state index contributed by atoms with van der Waals surface area (Å²) in [6.07, 6.45) is 0.971. The number of urea groups is 1. The summed E-state index contributed by atoms with van der Waals surface area (Å²) < 4.78 is 81.0. The first-order valence-corrected chi connectivity index (χ1v) is 15.3. The van der Waals surface area contributed by atoms with Crippen molar-refractivity contribution in [1.29, 1.82) is 0 Å². The molecule has 44 heavy (non-hydrogen) atoms. The highest BCUT2D eigenvalue weighted by Crippen LogP contribution is 2.26. The SMILES string of the molecule is COc1cc(OC)nc(NC(=O)NS(=O)(=O)N(C)S(C)(=O)=O)n1.C[C@@H](Oc1ccc(Oc2ncc(Cl)cc2F)cc1)C(=O)O. The molecule has 3 N–H and O–H groups in total. The number of carbonyl (C=O) groups is 2. The van der Waals surface area contributed by atoms with Crippen LogP contribution in [0.15, 0.2) is 42.6 Å². The van der Waals surface area contributed by atoms with Gasteiger partial charge in [0.05, 0.1) is 31.6 Å². The van der Waals surface area contributed by atoms with E-state index in [1.165, 1.54) is 62.4 Å². The van der Waals surface area contributed by atoms with Crippen LogP contribution in [-0.2, 0) is 25.0 Å². The maximum atomic E-state index is 13.5. The van der Waals surface area contributed by atoms with Gasteiger partial charge in [0.25, 0.3) is 5.88 Å². The molecule has 1 aromatic carbocycles. The van der Waals surface area contributed by atoms with Gasteiger partial charge in [-0.2, -0.15) is 18.4 Å². The van der Waals surface area contributed by atoms with Crippen molar-refractivity contribution in [3.63, 3.8) is 0 Å². The van der Waals surface area contributed by atoms with Crippen LogP contribution in [0.4, 0.5) is 15.1 Å². The Kier molecular flexibility index (Phi) is 12.4. The number of anilines is 1. The molecule has 0 spiro atoms. The quantitative estimate of drug-likeness (QED) is 0.264. The molecule has 0 unspecified atom stereocenters. The van der Waals surface area contributed by atoms with E-state index in [-0.39, 0.29) is 32.3 Å². The fraction of sp³-hybridized carbons (Fsp3) is 0.261. The van der Waals surface area contributed by atoms with Gasteiger partial charge in [0.2, 0.25) is 27.7 Å². The van der Waals surface area contributed by atoms with Crippen LogP contribution in [0.3, 0.4) is 0 Å². The second kappa shape index (κ2) is 15.3. The Bertz CT molecular complexity index is 1670. The summed E-state index contributed by atoms with van der Waals surface area (Å²) in [4.78, 5) is 33.6. The van der Waals surface area contributed by atoms with Gasteiger partial charge in [-0.3, -0.25) is 5.32 Å². The topological polar surface area (TPSA) is 226 Å². The van der Waals surface area contributed by atoms with Gasteiger partial charge in [0, 0.05) is 13.2 Å². The summed E-state index contributed by atoms with van der Waals surface area (Å²) in [5.74, 6) is -1.44. The lowest BCUT2D eigenvalue weighted by atomic mass is 10.3. The Morgan fingerprint density at radius 2 is 1.57 bits per heavy atom. The molecule has 0 saturated carbocycles. The zero-order valence-electron chi connectivity index (χ0n) is 23.5. The van der Waals surface area contributed by atoms with Crippen LogP contribution in [0.25, 0.3) is 0 Å². The molecular weight excluding hydrogens is 655 g/mol. The lowest BCUT2D eigenvalue weighted by Crippen LogP contribution is -2.45. The molecule has 0 radical (unpaired) electrons. The van der Waals surface area contributed by atoms with E-state index in [1.54, 1.807) is 0 Å². The van der Waals surface area contributed by atoms with Crippen LogP contribution in [0.2, 0.25) is 5.02 Å². The standard InChI is InChI=1S/C14H11ClFNO4.C9H15N5O7S2/c1-8(14(18)19)20-10-2-4-11(5-3-10)21-13-12(16)6-9(15)7-17-13;1-14(22(4,16)17)23(18,19)13-9(15)12-8-10-6(20-2)5-7(11-8)21-3/h2-8H,1H3,(H,18,19);5H,1-4H3,(H2,10,11,12,13,15)/t8-;/m1./s1. The second-order valence-electron chi connectivity index (χ2n) is 8.09. The normalized spacial score (nSPS) is 11.8. The van der Waals surface area contributed by atoms with Crippen LogP contribution in [-0.4, -0.2) is 86.2 Å². The summed E-state index contributed by atoms with van der Waals surface area (Å²) in [6.45, 7) is 1.42. The first kappa shape index (κ1) is 35.7. The Balaban J connectivity index is 0.000000308. The monoisotopic (exact) mass is 680 g/mol. The summed E-state index contributed by atoms with van der Waals surface area (Å²) in [6, 6.07) is 7.22. The molecule has 2 amide bonds. The minimum absolute atomic E-state index is 0.00654. The van der Waals surface area contributed by atoms with Crippen LogP contribution in [0.1, 0.15) is 6.92 Å². The highest BCUT2D eigenvalue weighted by atomic mass is 35.5. The number of rotatable bonds is 11. The maximum Gasteiger partial charge on any atom is 0.344 e. The number of sulfonamides is 1. The maximum absolute atomic E-state index is 13.5. The predicted octanol–water partition coefficient (Wildman–Crippen LogP) is 2.27. The van der Waals surface area contributed by atoms with Crippen molar-refractivity contribution in [1.82, 2.24) is 23.4 Å². The van der Waals surface area contributed by atoms with Crippen LogP contribution < -0.4 is 29.0 Å². The molecule has 1 atom stereocenters. The van der Waals surface area contributed by atoms with Crippen molar-refractivity contribution in [3.05, 3.63) is 53.4 Å². The first-order valence-electron chi connectivity index (χ1n) is 11.7. The van der Waals surface area contributed by atoms with Crippen molar-refractivity contribution in [3.8, 4) is 29.1 Å². The van der Waals surface area contributed by atoms with Crippen LogP contribution in [0.5, 0.6) is 29.1 Å². The highest BCUT2D eigenvalue weighted by Gasteiger charge is 2.28. The van der Waals surface area contributed by atoms with Gasteiger partial charge < -0.3 is 24.1 Å². The number of aromatic nitrogens is 3. The van der Waals surface area contributed by atoms with E-state index in [4.69, 9.17) is 35.7 Å². The summed E-state index contributed by atoms with van der Waals surface area (Å²) in [7, 11) is -5.27. The second-order valence-corrected chi connectivity index (χ2v) is 12.5. The van der Waals surface area contributed by atoms with Gasteiger partial charge in [0.15, 0.2) is 11.9 Å². The smallest absolute Gasteiger partial charge is 0.344 e. The van der Waals surface area contributed by atoms with E-state index < -0.39 is 44.2 Å². The number of carboxylic acid groups (broad SMARTS) is 1. The molecule has 0 aliphatic carbocycles. The average Bonchev–Trinajstić information content (AvgIpc) is 2.94. The van der Waals surface area contributed by atoms with Crippen molar-refractivity contribution in [2.24, 2.45) is 0 Å². The summed E-state index contributed by atoms with van der Waals surface area (Å²) >= 11 is 5.59. The number of carbonyl (C=O) groups excluding carboxylic acids is 1. The third-order valence-corrected chi connectivity index (χ3v) is 8.49. The molecule has 2 aromatic heterocycles. The lowest BCUT2D eigenvalue weighted by Gasteiger charge is -2.15. The molecule has 0 aliphatic rings. The lowest BCUT2D eigenvalue weighted by molar-refractivity contribution is -0.144. The molecule has 0 aliphatic heterocycles. The van der Waals surface area contributed by atoms with E-state index in [0.29, 0.717) is 17.8 Å². The van der Waals surface area contributed by atoms with Gasteiger partial charge in [-0.25, -0.2) is 32.1 Å². The minimum atomic E-state index is -4.60. The molecule has 2 heterocycles. The number of nitrogens with one attached hydrogen (secondary N) is 2. The van der Waals surface area contributed by atoms with E-state index in [2.05, 4.69) is 15.0 Å². The van der Waals surface area contributed by atoms with Crippen molar-refractivity contribution in [2.45, 2.75) is 13.0 Å². The molecular formula is C23H26ClFN6O11S2. The molecule has 240 valence electrons. The van der Waals surface area contributed by atoms with Crippen molar-refractivity contribution < 1.29 is 54.9 Å². The van der Waals surface area contributed by atoms with E-state index in [1.807, 2.05) is 5.32 Å². The molecule has 0 bridgehead atoms. The zero-order chi connectivity index (χ0) is 33.2. The number of carboxylic acids is 1. The number of hydrogen-bond acceptors (Lipinski definition) is 13. The Labute approximate surface area is 256 Å². The molecule has 17 nitrogen and oxygen atoms in total. The number of aliphatic carboxylic acids is 1. The molecule has 0 fully saturated rings. The van der Waals surface area contributed by atoms with E-state index >= 15 is 0 Å². The van der Waals surface area contributed by atoms with Gasteiger partial charge in [-0.05, 0) is 37.3 Å². The van der Waals surface area contributed by atoms with Crippen LogP contribution >= 0.6 is 11.6 Å². The minimum Gasteiger partial charge on any atom is -0.481 e. The number of ether oxygens (including phenoxy) is 4. The fourth-order valence-corrected chi connectivity index (χ4v) is 4.68.